The molecular weight excluding hydrogens is 364 g/mol. The SMILES string of the molecule is CCCCNc1ccccc1/C=C(\Cc1ccccc1)c1ccc2ccccc2n1. The van der Waals surface area contributed by atoms with E-state index in [4.69, 9.17) is 4.98 Å². The third kappa shape index (κ3) is 4.96. The highest BCUT2D eigenvalue weighted by Gasteiger charge is 2.09. The number of rotatable bonds is 8. The van der Waals surface area contributed by atoms with Gasteiger partial charge in [0.1, 0.15) is 0 Å². The van der Waals surface area contributed by atoms with E-state index in [1.165, 1.54) is 40.6 Å². The lowest BCUT2D eigenvalue weighted by molar-refractivity contribution is 0.834. The summed E-state index contributed by atoms with van der Waals surface area (Å²) in [6, 6.07) is 31.8. The van der Waals surface area contributed by atoms with E-state index in [1.807, 2.05) is 6.07 Å². The molecule has 0 bridgehead atoms. The van der Waals surface area contributed by atoms with Gasteiger partial charge in [0.15, 0.2) is 0 Å². The number of allylic oxidation sites excluding steroid dienone is 1. The Hall–Kier alpha value is -3.39. The molecule has 0 radical (unpaired) electrons. The maximum Gasteiger partial charge on any atom is 0.0709 e. The maximum atomic E-state index is 4.98. The van der Waals surface area contributed by atoms with Crippen LogP contribution in [0.5, 0.6) is 0 Å². The Bertz CT molecular complexity index is 1130. The molecule has 2 nitrogen and oxygen atoms in total. The molecule has 150 valence electrons. The molecule has 0 saturated heterocycles. The number of anilines is 1. The molecule has 30 heavy (non-hydrogen) atoms. The number of aromatic nitrogens is 1. The zero-order valence-corrected chi connectivity index (χ0v) is 17.5. The Labute approximate surface area is 179 Å². The number of para-hydroxylation sites is 2. The number of unbranched alkanes of at least 4 members (excludes halogenated alkanes) is 1. The molecule has 0 aliphatic rings. The smallest absolute Gasteiger partial charge is 0.0709 e. The monoisotopic (exact) mass is 392 g/mol. The van der Waals surface area contributed by atoms with E-state index in [2.05, 4.69) is 103 Å². The summed E-state index contributed by atoms with van der Waals surface area (Å²) in [6.45, 7) is 3.21. The molecular formula is C28H28N2. The lowest BCUT2D eigenvalue weighted by Gasteiger charge is -2.13. The molecule has 4 aromatic rings. The first-order valence-corrected chi connectivity index (χ1v) is 10.8. The van der Waals surface area contributed by atoms with Gasteiger partial charge in [0.2, 0.25) is 0 Å². The van der Waals surface area contributed by atoms with Crippen LogP contribution in [0.25, 0.3) is 22.6 Å². The predicted octanol–water partition coefficient (Wildman–Crippen LogP) is 7.23. The number of pyridine rings is 1. The van der Waals surface area contributed by atoms with Gasteiger partial charge in [-0.15, -0.1) is 0 Å². The van der Waals surface area contributed by atoms with Crippen molar-refractivity contribution in [3.05, 3.63) is 108 Å². The minimum absolute atomic E-state index is 0.843. The van der Waals surface area contributed by atoms with E-state index >= 15 is 0 Å². The van der Waals surface area contributed by atoms with Gasteiger partial charge in [0.05, 0.1) is 11.2 Å². The molecule has 1 heterocycles. The Balaban J connectivity index is 1.75. The molecule has 2 heteroatoms. The van der Waals surface area contributed by atoms with Crippen molar-refractivity contribution in [1.82, 2.24) is 4.98 Å². The Morgan fingerprint density at radius 1 is 0.833 bits per heavy atom. The summed E-state index contributed by atoms with van der Waals surface area (Å²) < 4.78 is 0. The Kier molecular flexibility index (Phi) is 6.56. The van der Waals surface area contributed by atoms with E-state index in [0.29, 0.717) is 0 Å². The Morgan fingerprint density at radius 2 is 1.60 bits per heavy atom. The minimum Gasteiger partial charge on any atom is -0.385 e. The summed E-state index contributed by atoms with van der Waals surface area (Å²) in [6.07, 6.45) is 5.49. The van der Waals surface area contributed by atoms with Crippen LogP contribution in [0.4, 0.5) is 5.69 Å². The highest BCUT2D eigenvalue weighted by Crippen LogP contribution is 2.26. The van der Waals surface area contributed by atoms with E-state index < -0.39 is 0 Å². The lowest BCUT2D eigenvalue weighted by atomic mass is 9.98. The standard InChI is InChI=1S/C28H28N2/c1-2-3-19-29-26-15-9-8-14-24(26)21-25(20-22-11-5-4-6-12-22)28-18-17-23-13-7-10-16-27(23)30-28/h4-18,21,29H,2-3,19-20H2,1H3/b25-21+. The van der Waals surface area contributed by atoms with Crippen LogP contribution in [0, 0.1) is 0 Å². The lowest BCUT2D eigenvalue weighted by Crippen LogP contribution is -2.02. The van der Waals surface area contributed by atoms with E-state index in [9.17, 15) is 0 Å². The summed E-state index contributed by atoms with van der Waals surface area (Å²) >= 11 is 0. The van der Waals surface area contributed by atoms with Crippen LogP contribution < -0.4 is 5.32 Å². The molecule has 0 amide bonds. The Morgan fingerprint density at radius 3 is 2.47 bits per heavy atom. The van der Waals surface area contributed by atoms with Crippen molar-refractivity contribution < 1.29 is 0 Å². The third-order valence-corrected chi connectivity index (χ3v) is 5.30. The highest BCUT2D eigenvalue weighted by molar-refractivity contribution is 5.88. The molecule has 0 saturated carbocycles. The van der Waals surface area contributed by atoms with Crippen LogP contribution in [-0.2, 0) is 6.42 Å². The van der Waals surface area contributed by atoms with Gasteiger partial charge in [-0.05, 0) is 53.8 Å². The first kappa shape index (κ1) is 19.9. The fourth-order valence-corrected chi connectivity index (χ4v) is 3.65. The molecule has 1 N–H and O–H groups in total. The number of nitrogens with one attached hydrogen (secondary N) is 1. The topological polar surface area (TPSA) is 24.9 Å². The number of benzene rings is 3. The quantitative estimate of drug-likeness (QED) is 0.320. The normalized spacial score (nSPS) is 11.6. The average Bonchev–Trinajstić information content (AvgIpc) is 2.80. The molecule has 0 aliphatic carbocycles. The number of nitrogens with zero attached hydrogens (tertiary/aromatic N) is 1. The summed E-state index contributed by atoms with van der Waals surface area (Å²) in [4.78, 5) is 4.98. The number of hydrogen-bond acceptors (Lipinski definition) is 2. The van der Waals surface area contributed by atoms with Gasteiger partial charge in [-0.2, -0.15) is 0 Å². The van der Waals surface area contributed by atoms with Crippen molar-refractivity contribution in [3.8, 4) is 0 Å². The number of fused-ring (bicyclic) bond motifs is 1. The molecule has 0 spiro atoms. The van der Waals surface area contributed by atoms with Crippen molar-refractivity contribution in [2.24, 2.45) is 0 Å². The van der Waals surface area contributed by atoms with Crippen molar-refractivity contribution in [1.29, 1.82) is 0 Å². The fourth-order valence-electron chi connectivity index (χ4n) is 3.65. The second-order valence-electron chi connectivity index (χ2n) is 7.59. The van der Waals surface area contributed by atoms with Crippen LogP contribution in [-0.4, -0.2) is 11.5 Å². The van der Waals surface area contributed by atoms with Gasteiger partial charge in [-0.1, -0.05) is 86.1 Å². The van der Waals surface area contributed by atoms with Crippen LogP contribution in [0.3, 0.4) is 0 Å². The highest BCUT2D eigenvalue weighted by atomic mass is 14.9. The molecule has 3 aromatic carbocycles. The third-order valence-electron chi connectivity index (χ3n) is 5.30. The van der Waals surface area contributed by atoms with E-state index in [1.54, 1.807) is 0 Å². The molecule has 0 aliphatic heterocycles. The van der Waals surface area contributed by atoms with E-state index in [-0.39, 0.29) is 0 Å². The van der Waals surface area contributed by atoms with Crippen LogP contribution in [0.2, 0.25) is 0 Å². The van der Waals surface area contributed by atoms with Gasteiger partial charge in [0, 0.05) is 17.6 Å². The van der Waals surface area contributed by atoms with Crippen LogP contribution in [0.1, 0.15) is 36.6 Å². The second-order valence-corrected chi connectivity index (χ2v) is 7.59. The van der Waals surface area contributed by atoms with Gasteiger partial charge in [-0.25, -0.2) is 4.98 Å². The summed E-state index contributed by atoms with van der Waals surface area (Å²) in [5.74, 6) is 0. The summed E-state index contributed by atoms with van der Waals surface area (Å²) in [5, 5.41) is 4.77. The molecule has 4 rings (SSSR count). The minimum atomic E-state index is 0.843. The van der Waals surface area contributed by atoms with Crippen molar-refractivity contribution in [2.45, 2.75) is 26.2 Å². The summed E-state index contributed by atoms with van der Waals surface area (Å²) in [7, 11) is 0. The second kappa shape index (κ2) is 9.89. The van der Waals surface area contributed by atoms with Gasteiger partial charge in [-0.3, -0.25) is 0 Å². The van der Waals surface area contributed by atoms with Gasteiger partial charge >= 0.3 is 0 Å². The first-order valence-electron chi connectivity index (χ1n) is 10.8. The largest absolute Gasteiger partial charge is 0.385 e. The zero-order chi connectivity index (χ0) is 20.6. The van der Waals surface area contributed by atoms with Crippen molar-refractivity contribution in [3.63, 3.8) is 0 Å². The molecule has 0 fully saturated rings. The van der Waals surface area contributed by atoms with Gasteiger partial charge < -0.3 is 5.32 Å². The van der Waals surface area contributed by atoms with E-state index in [0.717, 1.165) is 24.2 Å². The van der Waals surface area contributed by atoms with Crippen molar-refractivity contribution >= 4 is 28.2 Å². The number of hydrogen-bond donors (Lipinski definition) is 1. The summed E-state index contributed by atoms with van der Waals surface area (Å²) in [5.41, 5.74) is 6.95. The average molecular weight is 393 g/mol. The fraction of sp³-hybridized carbons (Fsp3) is 0.179. The van der Waals surface area contributed by atoms with Crippen molar-refractivity contribution in [2.75, 3.05) is 11.9 Å². The predicted molar refractivity (Wildman–Crippen MR) is 130 cm³/mol. The molecule has 0 atom stereocenters. The zero-order valence-electron chi connectivity index (χ0n) is 17.5. The maximum absolute atomic E-state index is 4.98. The molecule has 1 aromatic heterocycles. The van der Waals surface area contributed by atoms with Gasteiger partial charge in [0.25, 0.3) is 0 Å². The first-order chi connectivity index (χ1) is 14.8. The van der Waals surface area contributed by atoms with Crippen LogP contribution in [0.15, 0.2) is 91.0 Å². The molecule has 0 unspecified atom stereocenters. The van der Waals surface area contributed by atoms with Crippen LogP contribution >= 0.6 is 0 Å².